The van der Waals surface area contributed by atoms with Crippen LogP contribution in [-0.2, 0) is 13.2 Å². The molecule has 1 N–H and O–H groups in total. The Kier molecular flexibility index (Phi) is 4.44. The Morgan fingerprint density at radius 3 is 2.80 bits per heavy atom. The van der Waals surface area contributed by atoms with Crippen LogP contribution in [0.3, 0.4) is 0 Å². The van der Waals surface area contributed by atoms with Crippen molar-refractivity contribution < 1.29 is 4.74 Å². The van der Waals surface area contributed by atoms with Crippen LogP contribution in [0.2, 0.25) is 0 Å². The number of nitrogens with one attached hydrogen (secondary N) is 1. The second kappa shape index (κ2) is 6.29. The molecule has 1 aromatic heterocycles. The summed E-state index contributed by atoms with van der Waals surface area (Å²) in [5.74, 6) is 0.904. The predicted octanol–water partition coefficient (Wildman–Crippen LogP) is 4.65. The average molecular weight is 352 g/mol. The van der Waals surface area contributed by atoms with E-state index in [1.807, 2.05) is 17.4 Å². The normalized spacial score (nSPS) is 14.5. The molecule has 2 nitrogen and oxygen atoms in total. The van der Waals surface area contributed by atoms with Gasteiger partial charge in [-0.3, -0.25) is 0 Å². The molecule has 0 aliphatic heterocycles. The van der Waals surface area contributed by atoms with E-state index in [1.165, 1.54) is 28.2 Å². The second-order valence-corrected chi connectivity index (χ2v) is 7.35. The molecule has 0 amide bonds. The van der Waals surface area contributed by atoms with Gasteiger partial charge in [0.15, 0.2) is 0 Å². The van der Waals surface area contributed by atoms with Gasteiger partial charge >= 0.3 is 0 Å². The van der Waals surface area contributed by atoms with Crippen molar-refractivity contribution in [1.82, 2.24) is 5.32 Å². The number of rotatable bonds is 6. The standard InChI is InChI=1S/C16H18BrNOS/c1-11-2-7-16(15(17)8-11)19-10-14-6-5-13(20-14)9-18-12-3-4-12/h2,5-8,12,18H,3-4,9-10H2,1H3. The first-order valence-electron chi connectivity index (χ1n) is 6.90. The van der Waals surface area contributed by atoms with E-state index >= 15 is 0 Å². The monoisotopic (exact) mass is 351 g/mol. The van der Waals surface area contributed by atoms with Crippen molar-refractivity contribution in [1.29, 1.82) is 0 Å². The van der Waals surface area contributed by atoms with Gasteiger partial charge in [-0.1, -0.05) is 6.07 Å². The van der Waals surface area contributed by atoms with Crippen LogP contribution in [0.4, 0.5) is 0 Å². The smallest absolute Gasteiger partial charge is 0.134 e. The van der Waals surface area contributed by atoms with E-state index in [4.69, 9.17) is 4.74 Å². The fourth-order valence-corrected chi connectivity index (χ4v) is 3.49. The molecule has 106 valence electrons. The summed E-state index contributed by atoms with van der Waals surface area (Å²) in [7, 11) is 0. The molecule has 0 saturated heterocycles. The summed E-state index contributed by atoms with van der Waals surface area (Å²) in [4.78, 5) is 2.66. The second-order valence-electron chi connectivity index (χ2n) is 5.25. The summed E-state index contributed by atoms with van der Waals surface area (Å²) in [6, 6.07) is 11.3. The van der Waals surface area contributed by atoms with Crippen molar-refractivity contribution in [3.8, 4) is 5.75 Å². The van der Waals surface area contributed by atoms with Crippen molar-refractivity contribution in [3.63, 3.8) is 0 Å². The summed E-state index contributed by atoms with van der Waals surface area (Å²) in [6.45, 7) is 3.70. The number of hydrogen-bond donors (Lipinski definition) is 1. The molecule has 0 atom stereocenters. The number of halogens is 1. The molecule has 1 aliphatic carbocycles. The van der Waals surface area contributed by atoms with Gasteiger partial charge in [0.25, 0.3) is 0 Å². The highest BCUT2D eigenvalue weighted by atomic mass is 79.9. The van der Waals surface area contributed by atoms with E-state index in [1.54, 1.807) is 0 Å². The number of thiophene rings is 1. The summed E-state index contributed by atoms with van der Waals surface area (Å²) >= 11 is 5.37. The molecule has 1 aromatic carbocycles. The van der Waals surface area contributed by atoms with E-state index in [2.05, 4.69) is 52.4 Å². The number of hydrogen-bond acceptors (Lipinski definition) is 3. The van der Waals surface area contributed by atoms with Gasteiger partial charge in [0.2, 0.25) is 0 Å². The van der Waals surface area contributed by atoms with Gasteiger partial charge in [0.1, 0.15) is 12.4 Å². The van der Waals surface area contributed by atoms with E-state index in [-0.39, 0.29) is 0 Å². The molecule has 3 rings (SSSR count). The lowest BCUT2D eigenvalue weighted by molar-refractivity contribution is 0.308. The van der Waals surface area contributed by atoms with Crippen LogP contribution in [0.15, 0.2) is 34.8 Å². The Morgan fingerprint density at radius 1 is 1.25 bits per heavy atom. The highest BCUT2D eigenvalue weighted by molar-refractivity contribution is 9.10. The Balaban J connectivity index is 1.54. The maximum atomic E-state index is 5.87. The minimum atomic E-state index is 0.635. The lowest BCUT2D eigenvalue weighted by atomic mass is 10.2. The molecule has 1 fully saturated rings. The Bertz CT molecular complexity index is 592. The van der Waals surface area contributed by atoms with Crippen molar-refractivity contribution in [2.24, 2.45) is 0 Å². The summed E-state index contributed by atoms with van der Waals surface area (Å²) in [6.07, 6.45) is 2.67. The molecule has 1 saturated carbocycles. The van der Waals surface area contributed by atoms with Crippen molar-refractivity contribution in [3.05, 3.63) is 50.1 Å². The quantitative estimate of drug-likeness (QED) is 0.817. The summed E-state index contributed by atoms with van der Waals surface area (Å²) < 4.78 is 6.89. The lowest BCUT2D eigenvalue weighted by Gasteiger charge is -2.07. The minimum Gasteiger partial charge on any atom is -0.487 e. The minimum absolute atomic E-state index is 0.635. The maximum Gasteiger partial charge on any atom is 0.134 e. The third kappa shape index (κ3) is 3.84. The van der Waals surface area contributed by atoms with Crippen LogP contribution >= 0.6 is 27.3 Å². The van der Waals surface area contributed by atoms with Crippen LogP contribution in [0, 0.1) is 6.92 Å². The van der Waals surface area contributed by atoms with Gasteiger partial charge in [0.05, 0.1) is 4.47 Å². The van der Waals surface area contributed by atoms with Crippen molar-refractivity contribution >= 4 is 27.3 Å². The van der Waals surface area contributed by atoms with E-state index in [0.29, 0.717) is 6.61 Å². The fourth-order valence-electron chi connectivity index (χ4n) is 2.00. The average Bonchev–Trinajstić information content (AvgIpc) is 3.14. The molecule has 0 bridgehead atoms. The molecule has 1 heterocycles. The Labute approximate surface area is 132 Å². The fraction of sp³-hybridized carbons (Fsp3) is 0.375. The summed E-state index contributed by atoms with van der Waals surface area (Å²) in [5, 5.41) is 3.54. The zero-order valence-electron chi connectivity index (χ0n) is 11.5. The van der Waals surface area contributed by atoms with Crippen LogP contribution in [0.5, 0.6) is 5.75 Å². The third-order valence-electron chi connectivity index (χ3n) is 3.32. The van der Waals surface area contributed by atoms with Gasteiger partial charge in [-0.2, -0.15) is 0 Å². The molecule has 2 aromatic rings. The first-order valence-corrected chi connectivity index (χ1v) is 8.51. The molecule has 0 unspecified atom stereocenters. The zero-order valence-corrected chi connectivity index (χ0v) is 13.9. The third-order valence-corrected chi connectivity index (χ3v) is 5.00. The van der Waals surface area contributed by atoms with E-state index < -0.39 is 0 Å². The lowest BCUT2D eigenvalue weighted by Crippen LogP contribution is -2.14. The number of ether oxygens (including phenoxy) is 1. The predicted molar refractivity (Wildman–Crippen MR) is 87.4 cm³/mol. The molecule has 4 heteroatoms. The Morgan fingerprint density at radius 2 is 2.05 bits per heavy atom. The molecule has 1 aliphatic rings. The first kappa shape index (κ1) is 14.1. The highest BCUT2D eigenvalue weighted by Crippen LogP contribution is 2.28. The van der Waals surface area contributed by atoms with E-state index in [0.717, 1.165) is 22.8 Å². The molecule has 0 spiro atoms. The van der Waals surface area contributed by atoms with Crippen molar-refractivity contribution in [2.75, 3.05) is 0 Å². The molecule has 0 radical (unpaired) electrons. The maximum absolute atomic E-state index is 5.87. The first-order chi connectivity index (χ1) is 9.70. The molecular formula is C16H18BrNOS. The Hall–Kier alpha value is -0.840. The van der Waals surface area contributed by atoms with Crippen LogP contribution in [-0.4, -0.2) is 6.04 Å². The van der Waals surface area contributed by atoms with Gasteiger partial charge in [-0.25, -0.2) is 0 Å². The topological polar surface area (TPSA) is 21.3 Å². The van der Waals surface area contributed by atoms with Crippen LogP contribution in [0.1, 0.15) is 28.2 Å². The van der Waals surface area contributed by atoms with Crippen molar-refractivity contribution in [2.45, 2.75) is 39.0 Å². The largest absolute Gasteiger partial charge is 0.487 e. The SMILES string of the molecule is Cc1ccc(OCc2ccc(CNC3CC3)s2)c(Br)c1. The van der Waals surface area contributed by atoms with Crippen LogP contribution < -0.4 is 10.1 Å². The zero-order chi connectivity index (χ0) is 13.9. The van der Waals surface area contributed by atoms with Gasteiger partial charge < -0.3 is 10.1 Å². The number of benzene rings is 1. The number of aryl methyl sites for hydroxylation is 1. The van der Waals surface area contributed by atoms with Gasteiger partial charge in [-0.05, 0) is 65.5 Å². The van der Waals surface area contributed by atoms with Gasteiger partial charge in [0, 0.05) is 22.3 Å². The summed E-state index contributed by atoms with van der Waals surface area (Å²) in [5.41, 5.74) is 1.23. The van der Waals surface area contributed by atoms with Gasteiger partial charge in [-0.15, -0.1) is 11.3 Å². The highest BCUT2D eigenvalue weighted by Gasteiger charge is 2.20. The van der Waals surface area contributed by atoms with E-state index in [9.17, 15) is 0 Å². The molecular weight excluding hydrogens is 334 g/mol. The van der Waals surface area contributed by atoms with Crippen LogP contribution in [0.25, 0.3) is 0 Å². The molecule has 20 heavy (non-hydrogen) atoms.